The van der Waals surface area contributed by atoms with E-state index in [9.17, 15) is 15.3 Å². The van der Waals surface area contributed by atoms with E-state index >= 15 is 0 Å². The minimum Gasteiger partial charge on any atom is -0.394 e. The van der Waals surface area contributed by atoms with Crippen LogP contribution in [-0.2, 0) is 0 Å². The molecule has 0 aliphatic heterocycles. The average molecular weight is 275 g/mol. The van der Waals surface area contributed by atoms with Crippen molar-refractivity contribution in [1.29, 1.82) is 0 Å². The van der Waals surface area contributed by atoms with Crippen LogP contribution >= 0.6 is 11.6 Å². The van der Waals surface area contributed by atoms with E-state index < -0.39 is 24.4 Å². The molecule has 0 bridgehead atoms. The summed E-state index contributed by atoms with van der Waals surface area (Å²) in [5, 5.41) is 38.7. The first-order valence-corrected chi connectivity index (χ1v) is 6.11. The summed E-state index contributed by atoms with van der Waals surface area (Å²) in [5.41, 5.74) is -0.100. The third kappa shape index (κ3) is 3.67. The minimum atomic E-state index is -1.56. The highest BCUT2D eigenvalue weighted by Crippen LogP contribution is 2.28. The summed E-state index contributed by atoms with van der Waals surface area (Å²) in [6.07, 6.45) is -2.35. The van der Waals surface area contributed by atoms with E-state index in [-0.39, 0.29) is 6.42 Å². The second-order valence-electron chi connectivity index (χ2n) is 4.78. The molecule has 2 unspecified atom stereocenters. The van der Waals surface area contributed by atoms with Crippen molar-refractivity contribution in [3.8, 4) is 0 Å². The molecule has 4 N–H and O–H groups in total. The fourth-order valence-corrected chi connectivity index (χ4v) is 1.85. The molecule has 102 valence electrons. The summed E-state index contributed by atoms with van der Waals surface area (Å²) in [6, 6.07) is 5.12. The lowest BCUT2D eigenvalue weighted by atomic mass is 9.89. The van der Waals surface area contributed by atoms with Crippen LogP contribution in [-0.4, -0.2) is 38.7 Å². The Kier molecular flexibility index (Phi) is 5.13. The van der Waals surface area contributed by atoms with Gasteiger partial charge in [-0.05, 0) is 31.0 Å². The number of rotatable bonds is 5. The van der Waals surface area contributed by atoms with Gasteiger partial charge in [-0.15, -0.1) is 0 Å². The Balaban J connectivity index is 2.81. The van der Waals surface area contributed by atoms with Gasteiger partial charge in [0.05, 0.1) is 18.3 Å². The fourth-order valence-electron chi connectivity index (χ4n) is 1.66. The zero-order valence-corrected chi connectivity index (χ0v) is 11.2. The van der Waals surface area contributed by atoms with Crippen molar-refractivity contribution in [3.05, 3.63) is 34.3 Å². The largest absolute Gasteiger partial charge is 0.394 e. The van der Waals surface area contributed by atoms with Gasteiger partial charge in [0.15, 0.2) is 0 Å². The van der Waals surface area contributed by atoms with E-state index in [1.807, 2.05) is 6.92 Å². The van der Waals surface area contributed by atoms with Crippen molar-refractivity contribution in [3.63, 3.8) is 0 Å². The lowest BCUT2D eigenvalue weighted by Crippen LogP contribution is -2.42. The van der Waals surface area contributed by atoms with Gasteiger partial charge in [0.1, 0.15) is 6.10 Å². The van der Waals surface area contributed by atoms with Crippen LogP contribution in [0.5, 0.6) is 0 Å². The van der Waals surface area contributed by atoms with Crippen LogP contribution in [0.25, 0.3) is 0 Å². The predicted octanol–water partition coefficient (Wildman–Crippen LogP) is 1.18. The summed E-state index contributed by atoms with van der Waals surface area (Å²) >= 11 is 5.96. The van der Waals surface area contributed by atoms with E-state index in [2.05, 4.69) is 0 Å². The molecule has 0 aliphatic carbocycles. The number of halogens is 1. The molecule has 1 rings (SSSR count). The summed E-state index contributed by atoms with van der Waals surface area (Å²) in [5.74, 6) is 0. The van der Waals surface area contributed by atoms with Crippen LogP contribution in [0, 0.1) is 6.92 Å². The molecular formula is C13H19ClO4. The maximum absolute atomic E-state index is 10.0. The predicted molar refractivity (Wildman–Crippen MR) is 69.5 cm³/mol. The van der Waals surface area contributed by atoms with Gasteiger partial charge in [-0.3, -0.25) is 0 Å². The number of aliphatic hydroxyl groups excluding tert-OH is 3. The van der Waals surface area contributed by atoms with Crippen LogP contribution in [0.2, 0.25) is 5.02 Å². The highest BCUT2D eigenvalue weighted by molar-refractivity contribution is 6.31. The van der Waals surface area contributed by atoms with Gasteiger partial charge in [-0.25, -0.2) is 0 Å². The molecule has 0 amide bonds. The number of hydrogen-bond acceptors (Lipinski definition) is 4. The lowest BCUT2D eigenvalue weighted by Gasteiger charge is -2.30. The maximum atomic E-state index is 10.0. The van der Waals surface area contributed by atoms with Gasteiger partial charge >= 0.3 is 0 Å². The van der Waals surface area contributed by atoms with Gasteiger partial charge in [-0.1, -0.05) is 23.7 Å². The van der Waals surface area contributed by atoms with Crippen LogP contribution in [0.15, 0.2) is 18.2 Å². The number of aryl methyl sites for hydroxylation is 1. The molecule has 0 spiro atoms. The molecule has 1 aromatic carbocycles. The van der Waals surface area contributed by atoms with E-state index in [0.717, 1.165) is 5.56 Å². The highest BCUT2D eigenvalue weighted by Gasteiger charge is 2.32. The second-order valence-corrected chi connectivity index (χ2v) is 5.19. The van der Waals surface area contributed by atoms with Crippen molar-refractivity contribution >= 4 is 11.6 Å². The van der Waals surface area contributed by atoms with Gasteiger partial charge in [0.2, 0.25) is 0 Å². The topological polar surface area (TPSA) is 80.9 Å². The molecule has 18 heavy (non-hydrogen) atoms. The fraction of sp³-hybridized carbons (Fsp3) is 0.538. The quantitative estimate of drug-likeness (QED) is 0.650. The number of benzene rings is 1. The maximum Gasteiger partial charge on any atom is 0.105 e. The minimum absolute atomic E-state index is 0.0892. The van der Waals surface area contributed by atoms with E-state index in [4.69, 9.17) is 16.7 Å². The van der Waals surface area contributed by atoms with Crippen LogP contribution in [0.4, 0.5) is 0 Å². The van der Waals surface area contributed by atoms with Crippen LogP contribution in [0.3, 0.4) is 0 Å². The summed E-state index contributed by atoms with van der Waals surface area (Å²) in [4.78, 5) is 0. The number of aliphatic hydroxyl groups is 4. The molecule has 0 aliphatic rings. The van der Waals surface area contributed by atoms with Gasteiger partial charge < -0.3 is 20.4 Å². The molecule has 0 fully saturated rings. The van der Waals surface area contributed by atoms with Gasteiger partial charge in [0.25, 0.3) is 0 Å². The standard InChI is InChI=1S/C13H19ClO4/c1-8-3-4-9(5-10(8)14)11(16)6-13(2,18)12(17)7-15/h3-5,11-12,15-18H,6-7H2,1-2H3/t11?,12?,13-/m1/s1. The van der Waals surface area contributed by atoms with Gasteiger partial charge in [-0.2, -0.15) is 0 Å². The molecule has 5 heteroatoms. The van der Waals surface area contributed by atoms with E-state index in [0.29, 0.717) is 10.6 Å². The molecule has 0 radical (unpaired) electrons. The van der Waals surface area contributed by atoms with Crippen molar-refractivity contribution in [2.24, 2.45) is 0 Å². The Bertz CT molecular complexity index is 406. The van der Waals surface area contributed by atoms with E-state index in [1.54, 1.807) is 18.2 Å². The molecule has 0 aromatic heterocycles. The van der Waals surface area contributed by atoms with Crippen molar-refractivity contribution in [2.45, 2.75) is 38.1 Å². The van der Waals surface area contributed by atoms with Crippen LogP contribution < -0.4 is 0 Å². The molecule has 0 saturated carbocycles. The first kappa shape index (κ1) is 15.4. The van der Waals surface area contributed by atoms with E-state index in [1.165, 1.54) is 6.92 Å². The molecule has 0 saturated heterocycles. The average Bonchev–Trinajstić information content (AvgIpc) is 2.30. The van der Waals surface area contributed by atoms with Crippen molar-refractivity contribution in [1.82, 2.24) is 0 Å². The first-order valence-electron chi connectivity index (χ1n) is 5.73. The summed E-state index contributed by atoms with van der Waals surface area (Å²) < 4.78 is 0. The Morgan fingerprint density at radius 3 is 2.44 bits per heavy atom. The van der Waals surface area contributed by atoms with Crippen LogP contribution in [0.1, 0.15) is 30.6 Å². The lowest BCUT2D eigenvalue weighted by molar-refractivity contribution is -0.104. The molecule has 1 aromatic rings. The summed E-state index contributed by atoms with van der Waals surface area (Å²) in [6.45, 7) is 2.66. The molecule has 3 atom stereocenters. The third-order valence-corrected chi connectivity index (χ3v) is 3.49. The molecular weight excluding hydrogens is 256 g/mol. The third-order valence-electron chi connectivity index (χ3n) is 3.08. The first-order chi connectivity index (χ1) is 8.27. The second kappa shape index (κ2) is 5.99. The Morgan fingerprint density at radius 1 is 1.33 bits per heavy atom. The van der Waals surface area contributed by atoms with Gasteiger partial charge in [0, 0.05) is 11.4 Å². The SMILES string of the molecule is Cc1ccc(C(O)C[C@@](C)(O)C(O)CO)cc1Cl. The Labute approximate surface area is 111 Å². The number of hydrogen-bond donors (Lipinski definition) is 4. The van der Waals surface area contributed by atoms with Crippen molar-refractivity contribution in [2.75, 3.05) is 6.61 Å². The highest BCUT2D eigenvalue weighted by atomic mass is 35.5. The van der Waals surface area contributed by atoms with Crippen molar-refractivity contribution < 1.29 is 20.4 Å². The summed E-state index contributed by atoms with van der Waals surface area (Å²) in [7, 11) is 0. The monoisotopic (exact) mass is 274 g/mol. The normalized spacial score (nSPS) is 18.2. The molecule has 0 heterocycles. The Morgan fingerprint density at radius 2 is 1.94 bits per heavy atom. The zero-order chi connectivity index (χ0) is 13.9. The smallest absolute Gasteiger partial charge is 0.105 e. The molecule has 4 nitrogen and oxygen atoms in total. The zero-order valence-electron chi connectivity index (χ0n) is 10.5. The Hall–Kier alpha value is -0.650.